The first kappa shape index (κ1) is 13.8. The van der Waals surface area contributed by atoms with Gasteiger partial charge in [-0.25, -0.2) is 4.79 Å². The summed E-state index contributed by atoms with van der Waals surface area (Å²) in [4.78, 5) is 11.3. The first-order valence-corrected chi connectivity index (χ1v) is 6.31. The Morgan fingerprint density at radius 1 is 1.47 bits per heavy atom. The van der Waals surface area contributed by atoms with Crippen LogP contribution in [0.15, 0.2) is 9.64 Å². The first-order valence-electron chi connectivity index (χ1n) is 5.32. The van der Waals surface area contributed by atoms with Gasteiger partial charge in [-0.2, -0.15) is 0 Å². The van der Waals surface area contributed by atoms with Crippen molar-refractivity contribution in [2.24, 2.45) is 0 Å². The summed E-state index contributed by atoms with van der Waals surface area (Å²) in [6.07, 6.45) is -0.500. The first-order chi connectivity index (χ1) is 7.90. The van der Waals surface area contributed by atoms with Crippen LogP contribution < -0.4 is 5.32 Å². The number of nitrogens with zero attached hydrogens (tertiary/aromatic N) is 2. The highest BCUT2D eigenvalue weighted by molar-refractivity contribution is 7.99. The molecule has 1 aromatic rings. The molecule has 0 saturated carbocycles. The molecule has 0 atom stereocenters. The number of thioether (sulfide) groups is 1. The van der Waals surface area contributed by atoms with Gasteiger partial charge in [0.2, 0.25) is 5.89 Å². The highest BCUT2D eigenvalue weighted by Crippen LogP contribution is 2.15. The van der Waals surface area contributed by atoms with Crippen LogP contribution in [-0.2, 0) is 11.3 Å². The summed E-state index contributed by atoms with van der Waals surface area (Å²) in [6.45, 7) is 7.57. The van der Waals surface area contributed by atoms with Gasteiger partial charge < -0.3 is 14.5 Å². The Morgan fingerprint density at radius 3 is 2.76 bits per heavy atom. The molecule has 0 unspecified atom stereocenters. The van der Waals surface area contributed by atoms with Crippen molar-refractivity contribution in [3.8, 4) is 0 Å². The van der Waals surface area contributed by atoms with Gasteiger partial charge >= 0.3 is 6.09 Å². The monoisotopic (exact) mass is 259 g/mol. The molecular weight excluding hydrogens is 242 g/mol. The summed E-state index contributed by atoms with van der Waals surface area (Å²) in [7, 11) is 0. The standard InChI is InChI=1S/C10H17N3O3S/c1-5-17-9-13-12-7(15-9)6-11-8(14)16-10(2,3)4/h5-6H2,1-4H3,(H,11,14). The van der Waals surface area contributed by atoms with E-state index < -0.39 is 11.7 Å². The molecule has 17 heavy (non-hydrogen) atoms. The summed E-state index contributed by atoms with van der Waals surface area (Å²) < 4.78 is 10.3. The summed E-state index contributed by atoms with van der Waals surface area (Å²) in [6, 6.07) is 0. The topological polar surface area (TPSA) is 77.2 Å². The van der Waals surface area contributed by atoms with E-state index in [1.165, 1.54) is 11.8 Å². The van der Waals surface area contributed by atoms with Crippen molar-refractivity contribution in [1.82, 2.24) is 15.5 Å². The third-order valence-electron chi connectivity index (χ3n) is 1.50. The van der Waals surface area contributed by atoms with Crippen molar-refractivity contribution in [2.75, 3.05) is 5.75 Å². The van der Waals surface area contributed by atoms with E-state index >= 15 is 0 Å². The minimum absolute atomic E-state index is 0.173. The third kappa shape index (κ3) is 5.58. The van der Waals surface area contributed by atoms with Gasteiger partial charge in [0, 0.05) is 0 Å². The number of carbonyl (C=O) groups excluding carboxylic acids is 1. The Labute approximate surface area is 105 Å². The predicted molar refractivity (Wildman–Crippen MR) is 63.8 cm³/mol. The van der Waals surface area contributed by atoms with Crippen molar-refractivity contribution in [3.05, 3.63) is 5.89 Å². The molecule has 6 nitrogen and oxygen atoms in total. The largest absolute Gasteiger partial charge is 0.444 e. The lowest BCUT2D eigenvalue weighted by molar-refractivity contribution is 0.0518. The van der Waals surface area contributed by atoms with E-state index in [2.05, 4.69) is 15.5 Å². The van der Waals surface area contributed by atoms with E-state index in [0.717, 1.165) is 5.75 Å². The van der Waals surface area contributed by atoms with Gasteiger partial charge in [0.05, 0.1) is 6.54 Å². The van der Waals surface area contributed by atoms with Crippen molar-refractivity contribution < 1.29 is 13.9 Å². The van der Waals surface area contributed by atoms with Crippen molar-refractivity contribution in [2.45, 2.75) is 45.1 Å². The Morgan fingerprint density at radius 2 is 2.18 bits per heavy atom. The van der Waals surface area contributed by atoms with Crippen LogP contribution in [0.3, 0.4) is 0 Å². The molecule has 0 bridgehead atoms. The molecule has 1 aromatic heterocycles. The summed E-state index contributed by atoms with van der Waals surface area (Å²) in [5.41, 5.74) is -0.512. The molecule has 0 aliphatic carbocycles. The predicted octanol–water partition coefficient (Wildman–Crippen LogP) is 2.21. The number of hydrogen-bond acceptors (Lipinski definition) is 6. The fourth-order valence-electron chi connectivity index (χ4n) is 0.953. The maximum Gasteiger partial charge on any atom is 0.408 e. The number of rotatable bonds is 4. The molecule has 0 saturated heterocycles. The lowest BCUT2D eigenvalue weighted by atomic mass is 10.2. The molecule has 96 valence electrons. The molecule has 0 aliphatic heterocycles. The Balaban J connectivity index is 2.37. The normalized spacial score (nSPS) is 11.3. The Hall–Kier alpha value is -1.24. The van der Waals surface area contributed by atoms with Crippen LogP contribution in [0.2, 0.25) is 0 Å². The zero-order valence-electron chi connectivity index (χ0n) is 10.4. The van der Waals surface area contributed by atoms with Gasteiger partial charge in [0.1, 0.15) is 5.60 Å². The van der Waals surface area contributed by atoms with Crippen molar-refractivity contribution in [1.29, 1.82) is 0 Å². The molecule has 1 amide bonds. The van der Waals surface area contributed by atoms with Crippen LogP contribution in [0.5, 0.6) is 0 Å². The molecule has 0 spiro atoms. The van der Waals surface area contributed by atoms with Gasteiger partial charge in [-0.3, -0.25) is 0 Å². The fraction of sp³-hybridized carbons (Fsp3) is 0.700. The molecule has 0 radical (unpaired) electrons. The molecule has 1 heterocycles. The fourth-order valence-corrected chi connectivity index (χ4v) is 1.45. The lowest BCUT2D eigenvalue weighted by Crippen LogP contribution is -2.32. The maximum absolute atomic E-state index is 11.3. The van der Waals surface area contributed by atoms with E-state index in [0.29, 0.717) is 11.1 Å². The van der Waals surface area contributed by atoms with Gasteiger partial charge in [-0.1, -0.05) is 18.7 Å². The van der Waals surface area contributed by atoms with E-state index in [1.54, 1.807) is 20.8 Å². The van der Waals surface area contributed by atoms with E-state index in [-0.39, 0.29) is 6.54 Å². The number of carbonyl (C=O) groups is 1. The highest BCUT2D eigenvalue weighted by atomic mass is 32.2. The Bertz CT molecular complexity index is 373. The molecule has 0 fully saturated rings. The Kier molecular flexibility index (Phi) is 4.80. The van der Waals surface area contributed by atoms with Crippen LogP contribution in [0.25, 0.3) is 0 Å². The second-order valence-electron chi connectivity index (χ2n) is 4.25. The average molecular weight is 259 g/mol. The second-order valence-corrected chi connectivity index (χ2v) is 5.47. The van der Waals surface area contributed by atoms with E-state index in [4.69, 9.17) is 9.15 Å². The zero-order valence-corrected chi connectivity index (χ0v) is 11.3. The van der Waals surface area contributed by atoms with E-state index in [9.17, 15) is 4.79 Å². The smallest absolute Gasteiger partial charge is 0.408 e. The van der Waals surface area contributed by atoms with Crippen LogP contribution in [0.4, 0.5) is 4.79 Å². The number of amides is 1. The summed E-state index contributed by atoms with van der Waals surface area (Å²) in [5.74, 6) is 1.23. The second kappa shape index (κ2) is 5.90. The minimum atomic E-state index is -0.512. The molecule has 1 rings (SSSR count). The summed E-state index contributed by atoms with van der Waals surface area (Å²) >= 11 is 1.46. The van der Waals surface area contributed by atoms with Gasteiger partial charge in [0.15, 0.2) is 0 Å². The van der Waals surface area contributed by atoms with Crippen LogP contribution in [0, 0.1) is 0 Å². The molecule has 1 N–H and O–H groups in total. The molecular formula is C10H17N3O3S. The van der Waals surface area contributed by atoms with Crippen LogP contribution >= 0.6 is 11.8 Å². The van der Waals surface area contributed by atoms with Crippen molar-refractivity contribution >= 4 is 17.9 Å². The minimum Gasteiger partial charge on any atom is -0.444 e. The van der Waals surface area contributed by atoms with E-state index in [1.807, 2.05) is 6.92 Å². The quantitative estimate of drug-likeness (QED) is 0.835. The average Bonchev–Trinajstić information content (AvgIpc) is 2.61. The maximum atomic E-state index is 11.3. The SMILES string of the molecule is CCSc1nnc(CNC(=O)OC(C)(C)C)o1. The number of hydrogen-bond donors (Lipinski definition) is 1. The van der Waals surface area contributed by atoms with Crippen LogP contribution in [0.1, 0.15) is 33.6 Å². The zero-order chi connectivity index (χ0) is 12.9. The number of alkyl carbamates (subject to hydrolysis) is 1. The number of nitrogens with one attached hydrogen (secondary N) is 1. The van der Waals surface area contributed by atoms with Gasteiger partial charge in [-0.05, 0) is 26.5 Å². The lowest BCUT2D eigenvalue weighted by Gasteiger charge is -2.19. The highest BCUT2D eigenvalue weighted by Gasteiger charge is 2.16. The van der Waals surface area contributed by atoms with Gasteiger partial charge in [0.25, 0.3) is 5.22 Å². The van der Waals surface area contributed by atoms with Crippen LogP contribution in [-0.4, -0.2) is 27.6 Å². The van der Waals surface area contributed by atoms with Gasteiger partial charge in [-0.15, -0.1) is 10.2 Å². The summed E-state index contributed by atoms with van der Waals surface area (Å²) in [5, 5.41) is 10.7. The molecule has 0 aromatic carbocycles. The number of aromatic nitrogens is 2. The molecule has 7 heteroatoms. The van der Waals surface area contributed by atoms with Crippen molar-refractivity contribution in [3.63, 3.8) is 0 Å². The third-order valence-corrected chi connectivity index (χ3v) is 2.20. The number of ether oxygens (including phenoxy) is 1. The molecule has 0 aliphatic rings.